The molecular formula is C34H45NO6. The first-order chi connectivity index (χ1) is 19.6. The lowest BCUT2D eigenvalue weighted by atomic mass is 9.96. The van der Waals surface area contributed by atoms with E-state index in [4.69, 9.17) is 14.2 Å². The van der Waals surface area contributed by atoms with Crippen LogP contribution in [0.5, 0.6) is 23.0 Å². The molecule has 7 nitrogen and oxygen atoms in total. The van der Waals surface area contributed by atoms with Crippen molar-refractivity contribution >= 4 is 6.09 Å². The molecular weight excluding hydrogens is 518 g/mol. The van der Waals surface area contributed by atoms with Crippen molar-refractivity contribution in [3.05, 3.63) is 70.0 Å². The molecule has 222 valence electrons. The lowest BCUT2D eigenvalue weighted by Crippen LogP contribution is -2.29. The second-order valence-electron chi connectivity index (χ2n) is 12.0. The molecule has 0 spiro atoms. The zero-order valence-electron chi connectivity index (χ0n) is 25.2. The van der Waals surface area contributed by atoms with Gasteiger partial charge in [-0.1, -0.05) is 6.42 Å². The van der Waals surface area contributed by atoms with Crippen LogP contribution in [0.3, 0.4) is 0 Å². The van der Waals surface area contributed by atoms with Gasteiger partial charge in [-0.15, -0.1) is 0 Å². The van der Waals surface area contributed by atoms with Gasteiger partial charge in [0.25, 0.3) is 0 Å². The lowest BCUT2D eigenvalue weighted by Gasteiger charge is -2.22. The average Bonchev–Trinajstić information content (AvgIpc) is 3.33. The molecule has 41 heavy (non-hydrogen) atoms. The number of hydrogen-bond donors (Lipinski definition) is 2. The molecule has 2 heterocycles. The third-order valence-corrected chi connectivity index (χ3v) is 7.72. The van der Waals surface area contributed by atoms with Crippen LogP contribution in [0.2, 0.25) is 0 Å². The number of methoxy groups -OCH3 is 2. The first-order valence-electron chi connectivity index (χ1n) is 14.8. The van der Waals surface area contributed by atoms with Crippen LogP contribution in [0, 0.1) is 0 Å². The number of benzene rings is 2. The number of phenols is 2. The molecule has 0 unspecified atom stereocenters. The van der Waals surface area contributed by atoms with Crippen LogP contribution < -0.4 is 9.47 Å². The van der Waals surface area contributed by atoms with Crippen molar-refractivity contribution in [1.29, 1.82) is 0 Å². The maximum atomic E-state index is 13.3. The molecule has 4 rings (SSSR count). The van der Waals surface area contributed by atoms with Gasteiger partial charge in [0, 0.05) is 11.4 Å². The second-order valence-corrected chi connectivity index (χ2v) is 12.0. The van der Waals surface area contributed by atoms with Gasteiger partial charge < -0.3 is 24.4 Å². The summed E-state index contributed by atoms with van der Waals surface area (Å²) in [5.74, 6) is 2.14. The fraction of sp³-hybridized carbons (Fsp3) is 0.500. The van der Waals surface area contributed by atoms with E-state index < -0.39 is 5.60 Å². The number of rotatable bonds is 2. The highest BCUT2D eigenvalue weighted by molar-refractivity contribution is 5.73. The second kappa shape index (κ2) is 13.4. The Morgan fingerprint density at radius 1 is 0.659 bits per heavy atom. The fourth-order valence-corrected chi connectivity index (χ4v) is 5.64. The maximum absolute atomic E-state index is 13.3. The zero-order chi connectivity index (χ0) is 29.6. The number of carbonyl (C=O) groups excluding carboxylic acids is 1. The topological polar surface area (TPSA) is 90.2 Å². The molecule has 1 aliphatic heterocycles. The number of aryl methyl sites for hydroxylation is 6. The molecule has 7 heteroatoms. The predicted molar refractivity (Wildman–Crippen MR) is 161 cm³/mol. The zero-order valence-corrected chi connectivity index (χ0v) is 25.2. The van der Waals surface area contributed by atoms with Crippen LogP contribution >= 0.6 is 0 Å². The van der Waals surface area contributed by atoms with Crippen LogP contribution in [-0.4, -0.2) is 40.7 Å². The van der Waals surface area contributed by atoms with Crippen LogP contribution in [-0.2, 0) is 43.3 Å². The van der Waals surface area contributed by atoms with Gasteiger partial charge in [-0.2, -0.15) is 0 Å². The summed E-state index contributed by atoms with van der Waals surface area (Å²) in [6, 6.07) is 11.7. The fourth-order valence-electron chi connectivity index (χ4n) is 5.64. The van der Waals surface area contributed by atoms with E-state index in [1.165, 1.54) is 0 Å². The van der Waals surface area contributed by atoms with Crippen molar-refractivity contribution in [3.63, 3.8) is 0 Å². The van der Waals surface area contributed by atoms with Gasteiger partial charge in [-0.25, -0.2) is 4.79 Å². The number of ether oxygens (including phenoxy) is 3. The molecule has 0 saturated heterocycles. The van der Waals surface area contributed by atoms with Gasteiger partial charge in [-0.3, -0.25) is 4.57 Å². The Morgan fingerprint density at radius 2 is 1.05 bits per heavy atom. The Kier molecular flexibility index (Phi) is 9.90. The van der Waals surface area contributed by atoms with Crippen molar-refractivity contribution in [3.8, 4) is 23.0 Å². The van der Waals surface area contributed by atoms with Gasteiger partial charge in [0.05, 0.1) is 14.2 Å². The summed E-state index contributed by atoms with van der Waals surface area (Å²) in [5.41, 5.74) is 4.65. The van der Waals surface area contributed by atoms with Crippen LogP contribution in [0.25, 0.3) is 0 Å². The van der Waals surface area contributed by atoms with Gasteiger partial charge in [-0.05, 0) is 144 Å². The number of nitrogens with zero attached hydrogens (tertiary/aromatic N) is 1. The number of phenolic OH excluding ortho intramolecular Hbond substituents is 2. The quantitative estimate of drug-likeness (QED) is 0.340. The van der Waals surface area contributed by atoms with Crippen molar-refractivity contribution in [1.82, 2.24) is 4.57 Å². The van der Waals surface area contributed by atoms with E-state index in [0.29, 0.717) is 37.2 Å². The van der Waals surface area contributed by atoms with Gasteiger partial charge in [0.15, 0.2) is 0 Å². The average molecular weight is 564 g/mol. The number of fused-ring (bicyclic) bond motifs is 6. The van der Waals surface area contributed by atoms with Crippen molar-refractivity contribution in [2.24, 2.45) is 0 Å². The molecule has 2 aromatic carbocycles. The van der Waals surface area contributed by atoms with Crippen molar-refractivity contribution < 1.29 is 29.2 Å². The van der Waals surface area contributed by atoms with E-state index in [1.54, 1.807) is 18.8 Å². The largest absolute Gasteiger partial charge is 0.507 e. The van der Waals surface area contributed by atoms with Crippen LogP contribution in [0.15, 0.2) is 36.4 Å². The van der Waals surface area contributed by atoms with Crippen LogP contribution in [0.1, 0.15) is 86.5 Å². The molecule has 1 aromatic heterocycles. The number of carbonyl (C=O) groups is 1. The Balaban J connectivity index is 1.68. The minimum Gasteiger partial charge on any atom is -0.507 e. The molecule has 0 saturated carbocycles. The number of aromatic hydroxyl groups is 2. The van der Waals surface area contributed by atoms with Crippen molar-refractivity contribution in [2.75, 3.05) is 14.2 Å². The van der Waals surface area contributed by atoms with Gasteiger partial charge >= 0.3 is 6.09 Å². The highest BCUT2D eigenvalue weighted by Crippen LogP contribution is 2.33. The predicted octanol–water partition coefficient (Wildman–Crippen LogP) is 7.32. The number of aromatic nitrogens is 1. The molecule has 1 aliphatic rings. The van der Waals surface area contributed by atoms with E-state index in [2.05, 4.69) is 0 Å². The van der Waals surface area contributed by atoms with Gasteiger partial charge in [0.2, 0.25) is 0 Å². The first-order valence-corrected chi connectivity index (χ1v) is 14.8. The highest BCUT2D eigenvalue weighted by Gasteiger charge is 2.23. The number of hydrogen-bond acceptors (Lipinski definition) is 6. The maximum Gasteiger partial charge on any atom is 0.418 e. The molecule has 0 amide bonds. The van der Waals surface area contributed by atoms with Gasteiger partial charge in [0.1, 0.15) is 28.6 Å². The molecule has 6 bridgehead atoms. The monoisotopic (exact) mass is 563 g/mol. The summed E-state index contributed by atoms with van der Waals surface area (Å²) in [4.78, 5) is 13.3. The van der Waals surface area contributed by atoms with E-state index >= 15 is 0 Å². The van der Waals surface area contributed by atoms with E-state index in [9.17, 15) is 15.0 Å². The summed E-state index contributed by atoms with van der Waals surface area (Å²) in [7, 11) is 3.29. The first kappa shape index (κ1) is 30.4. The minimum atomic E-state index is -0.619. The highest BCUT2D eigenvalue weighted by atomic mass is 16.6. The van der Waals surface area contributed by atoms with E-state index in [0.717, 1.165) is 90.1 Å². The summed E-state index contributed by atoms with van der Waals surface area (Å²) < 4.78 is 18.6. The molecule has 0 fully saturated rings. The van der Waals surface area contributed by atoms with E-state index in [-0.39, 0.29) is 6.09 Å². The smallest absolute Gasteiger partial charge is 0.418 e. The third kappa shape index (κ3) is 7.78. The van der Waals surface area contributed by atoms with Crippen molar-refractivity contribution in [2.45, 2.75) is 97.0 Å². The molecule has 3 aromatic rings. The Hall–Kier alpha value is -3.61. The lowest BCUT2D eigenvalue weighted by molar-refractivity contribution is 0.0528. The Labute approximate surface area is 244 Å². The minimum absolute atomic E-state index is 0.332. The van der Waals surface area contributed by atoms with Crippen LogP contribution in [0.4, 0.5) is 4.79 Å². The molecule has 2 N–H and O–H groups in total. The Bertz CT molecular complexity index is 1260. The molecule has 0 atom stereocenters. The van der Waals surface area contributed by atoms with E-state index in [1.807, 2.05) is 57.2 Å². The standard InChI is InChI=1S/C34H45NO6/c1-34(2,3)41-33(38)35-27-15-9-13-25-21-29(39-4)19-23(31(25)36)11-7-6-8-12-24-20-30(40-5)22-26(32(24)37)14-10-16-28(35)18-17-27/h17-22,36-37H,6-16H2,1-5H3. The molecule has 0 radical (unpaired) electrons. The summed E-state index contributed by atoms with van der Waals surface area (Å²) in [5, 5.41) is 22.2. The molecule has 0 aliphatic carbocycles. The summed E-state index contributed by atoms with van der Waals surface area (Å²) >= 11 is 0. The summed E-state index contributed by atoms with van der Waals surface area (Å²) in [6.45, 7) is 5.61. The Morgan fingerprint density at radius 3 is 1.41 bits per heavy atom. The normalized spacial score (nSPS) is 15.1. The SMILES string of the molecule is COc1cc2c(O)c(c1)CCCc1ccc(n1C(=O)OC(C)(C)C)CCCc1cc(OC)cc(c1O)CCCCC2. The summed E-state index contributed by atoms with van der Waals surface area (Å²) in [6.07, 6.45) is 8.09. The third-order valence-electron chi connectivity index (χ3n) is 7.72.